The Balaban J connectivity index is 1.43. The fourth-order valence-corrected chi connectivity index (χ4v) is 3.67. The monoisotopic (exact) mass is 371 g/mol. The molecule has 0 atom stereocenters. The van der Waals surface area contributed by atoms with Crippen molar-refractivity contribution in [3.63, 3.8) is 0 Å². The van der Waals surface area contributed by atoms with Crippen LogP contribution in [-0.4, -0.2) is 15.9 Å². The fraction of sp³-hybridized carbons (Fsp3) is 0.0455. The molecular weight excluding hydrogens is 354 g/mol. The zero-order valence-corrected chi connectivity index (χ0v) is 15.3. The number of carbonyl (C=O) groups is 1. The Morgan fingerprint density at radius 1 is 1.00 bits per heavy atom. The van der Waals surface area contributed by atoms with Gasteiger partial charge in [0.1, 0.15) is 0 Å². The molecule has 2 heterocycles. The Morgan fingerprint density at radius 3 is 2.74 bits per heavy atom. The quantitative estimate of drug-likeness (QED) is 0.506. The lowest BCUT2D eigenvalue weighted by atomic mass is 10.1. The smallest absolute Gasteiger partial charge is 0.250 e. The predicted molar refractivity (Wildman–Crippen MR) is 111 cm³/mol. The molecule has 4 nitrogen and oxygen atoms in total. The van der Waals surface area contributed by atoms with E-state index in [2.05, 4.69) is 27.4 Å². The van der Waals surface area contributed by atoms with Gasteiger partial charge in [0, 0.05) is 40.7 Å². The summed E-state index contributed by atoms with van der Waals surface area (Å²) in [7, 11) is 0. The van der Waals surface area contributed by atoms with E-state index in [-0.39, 0.29) is 5.91 Å². The summed E-state index contributed by atoms with van der Waals surface area (Å²) >= 11 is 1.49. The first-order valence-electron chi connectivity index (χ1n) is 8.59. The Hall–Kier alpha value is -3.31. The second kappa shape index (κ2) is 7.93. The summed E-state index contributed by atoms with van der Waals surface area (Å²) in [6, 6.07) is 20.0. The van der Waals surface area contributed by atoms with Gasteiger partial charge in [-0.2, -0.15) is 0 Å². The molecule has 5 heteroatoms. The van der Waals surface area contributed by atoms with Crippen molar-refractivity contribution < 1.29 is 4.79 Å². The lowest BCUT2D eigenvalue weighted by Gasteiger charge is -2.00. The molecular formula is C22H17N3OS. The van der Waals surface area contributed by atoms with Crippen LogP contribution >= 0.6 is 11.3 Å². The second-order valence-electron chi connectivity index (χ2n) is 6.04. The van der Waals surface area contributed by atoms with Gasteiger partial charge in [0.25, 0.3) is 0 Å². The molecule has 4 aromatic rings. The van der Waals surface area contributed by atoms with E-state index in [1.165, 1.54) is 23.0 Å². The first-order chi connectivity index (χ1) is 13.3. The zero-order valence-electron chi connectivity index (χ0n) is 14.5. The maximum absolute atomic E-state index is 12.2. The van der Waals surface area contributed by atoms with Crippen LogP contribution in [0.15, 0.2) is 79.1 Å². The van der Waals surface area contributed by atoms with Crippen LogP contribution in [0, 0.1) is 0 Å². The minimum atomic E-state index is -0.205. The zero-order chi connectivity index (χ0) is 18.5. The number of fused-ring (bicyclic) bond motifs is 1. The molecule has 2 aromatic carbocycles. The number of hydrogen-bond donors (Lipinski definition) is 1. The number of amides is 1. The third kappa shape index (κ3) is 4.27. The normalized spacial score (nSPS) is 11.1. The first-order valence-corrected chi connectivity index (χ1v) is 9.41. The first kappa shape index (κ1) is 17.1. The molecule has 0 aliphatic heterocycles. The molecule has 132 valence electrons. The van der Waals surface area contributed by atoms with Gasteiger partial charge in [0.05, 0.1) is 5.52 Å². The number of benzene rings is 2. The van der Waals surface area contributed by atoms with Crippen molar-refractivity contribution in [1.29, 1.82) is 0 Å². The van der Waals surface area contributed by atoms with Crippen LogP contribution in [0.4, 0.5) is 5.13 Å². The SMILES string of the molecule is O=C(/C=C/c1cccc2cccnc12)Nc1ncc(Cc2ccccc2)s1. The summed E-state index contributed by atoms with van der Waals surface area (Å²) in [5.74, 6) is -0.205. The van der Waals surface area contributed by atoms with Crippen LogP contribution in [-0.2, 0) is 11.2 Å². The van der Waals surface area contributed by atoms with Gasteiger partial charge in [-0.25, -0.2) is 4.98 Å². The lowest BCUT2D eigenvalue weighted by Crippen LogP contribution is -2.07. The average molecular weight is 371 g/mol. The molecule has 0 fully saturated rings. The van der Waals surface area contributed by atoms with E-state index in [4.69, 9.17) is 0 Å². The van der Waals surface area contributed by atoms with E-state index in [0.29, 0.717) is 5.13 Å². The summed E-state index contributed by atoms with van der Waals surface area (Å²) in [6.07, 6.45) is 7.67. The number of anilines is 1. The standard InChI is InChI=1S/C22H17N3OS/c26-20(12-11-18-9-4-8-17-10-5-13-23-21(17)18)25-22-24-15-19(27-22)14-16-6-2-1-3-7-16/h1-13,15H,14H2,(H,24,25,26)/b12-11+. The third-order valence-electron chi connectivity index (χ3n) is 4.08. The molecule has 0 saturated heterocycles. The number of nitrogens with one attached hydrogen (secondary N) is 1. The van der Waals surface area contributed by atoms with Gasteiger partial charge >= 0.3 is 0 Å². The van der Waals surface area contributed by atoms with Gasteiger partial charge in [-0.1, -0.05) is 54.6 Å². The van der Waals surface area contributed by atoms with E-state index in [1.54, 1.807) is 12.3 Å². The number of aromatic nitrogens is 2. The van der Waals surface area contributed by atoms with Crippen LogP contribution in [0.25, 0.3) is 17.0 Å². The number of hydrogen-bond acceptors (Lipinski definition) is 4. The van der Waals surface area contributed by atoms with Crippen molar-refractivity contribution >= 4 is 39.4 Å². The molecule has 27 heavy (non-hydrogen) atoms. The van der Waals surface area contributed by atoms with Crippen molar-refractivity contribution in [2.24, 2.45) is 0 Å². The Labute approximate surface area is 161 Å². The molecule has 0 radical (unpaired) electrons. The maximum Gasteiger partial charge on any atom is 0.250 e. The molecule has 0 saturated carbocycles. The largest absolute Gasteiger partial charge is 0.298 e. The van der Waals surface area contributed by atoms with Gasteiger partial charge < -0.3 is 0 Å². The van der Waals surface area contributed by atoms with Gasteiger partial charge in [-0.15, -0.1) is 11.3 Å². The van der Waals surface area contributed by atoms with Crippen molar-refractivity contribution in [2.75, 3.05) is 5.32 Å². The maximum atomic E-state index is 12.2. The van der Waals surface area contributed by atoms with E-state index < -0.39 is 0 Å². The van der Waals surface area contributed by atoms with Gasteiger partial charge in [0.2, 0.25) is 5.91 Å². The van der Waals surface area contributed by atoms with Gasteiger partial charge in [-0.05, 0) is 17.7 Å². The fourth-order valence-electron chi connectivity index (χ4n) is 2.82. The minimum Gasteiger partial charge on any atom is -0.298 e. The second-order valence-corrected chi connectivity index (χ2v) is 7.15. The van der Waals surface area contributed by atoms with Crippen LogP contribution in [0.2, 0.25) is 0 Å². The van der Waals surface area contributed by atoms with Crippen molar-refractivity contribution in [3.8, 4) is 0 Å². The third-order valence-corrected chi connectivity index (χ3v) is 5.00. The molecule has 0 aliphatic carbocycles. The summed E-state index contributed by atoms with van der Waals surface area (Å²) in [5.41, 5.74) is 3.01. The summed E-state index contributed by atoms with van der Waals surface area (Å²) in [5, 5.41) is 4.48. The topological polar surface area (TPSA) is 54.9 Å². The average Bonchev–Trinajstić information content (AvgIpc) is 3.13. The molecule has 1 N–H and O–H groups in total. The minimum absolute atomic E-state index is 0.205. The number of nitrogens with zero attached hydrogens (tertiary/aromatic N) is 2. The van der Waals surface area contributed by atoms with Crippen LogP contribution in [0.1, 0.15) is 16.0 Å². The summed E-state index contributed by atoms with van der Waals surface area (Å²) in [4.78, 5) is 22.0. The van der Waals surface area contributed by atoms with Crippen molar-refractivity contribution in [1.82, 2.24) is 9.97 Å². The summed E-state index contributed by atoms with van der Waals surface area (Å²) in [6.45, 7) is 0. The van der Waals surface area contributed by atoms with Crippen LogP contribution < -0.4 is 5.32 Å². The summed E-state index contributed by atoms with van der Waals surface area (Å²) < 4.78 is 0. The van der Waals surface area contributed by atoms with E-state index in [9.17, 15) is 4.79 Å². The highest BCUT2D eigenvalue weighted by Gasteiger charge is 2.06. The molecule has 0 unspecified atom stereocenters. The molecule has 1 amide bonds. The molecule has 0 spiro atoms. The number of thiazole rings is 1. The number of para-hydroxylation sites is 1. The molecule has 0 aliphatic rings. The van der Waals surface area contributed by atoms with Crippen LogP contribution in [0.5, 0.6) is 0 Å². The molecule has 4 rings (SSSR count). The van der Waals surface area contributed by atoms with Crippen LogP contribution in [0.3, 0.4) is 0 Å². The number of rotatable bonds is 5. The Bertz CT molecular complexity index is 1100. The van der Waals surface area contributed by atoms with E-state index in [1.807, 2.05) is 54.7 Å². The van der Waals surface area contributed by atoms with E-state index in [0.717, 1.165) is 27.8 Å². The van der Waals surface area contributed by atoms with Crippen molar-refractivity contribution in [2.45, 2.75) is 6.42 Å². The highest BCUT2D eigenvalue weighted by atomic mass is 32.1. The lowest BCUT2D eigenvalue weighted by molar-refractivity contribution is -0.111. The Morgan fingerprint density at radius 2 is 1.85 bits per heavy atom. The highest BCUT2D eigenvalue weighted by molar-refractivity contribution is 7.15. The van der Waals surface area contributed by atoms with Gasteiger partial charge in [0.15, 0.2) is 5.13 Å². The van der Waals surface area contributed by atoms with Gasteiger partial charge in [-0.3, -0.25) is 15.1 Å². The predicted octanol–water partition coefficient (Wildman–Crippen LogP) is 4.93. The number of carbonyl (C=O) groups excluding carboxylic acids is 1. The molecule has 2 aromatic heterocycles. The molecule has 0 bridgehead atoms. The highest BCUT2D eigenvalue weighted by Crippen LogP contribution is 2.21. The number of pyridine rings is 1. The van der Waals surface area contributed by atoms with Crippen molar-refractivity contribution in [3.05, 3.63) is 95.1 Å². The Kier molecular flexibility index (Phi) is 5.03. The van der Waals surface area contributed by atoms with E-state index >= 15 is 0 Å².